The number of aliphatic hydroxyl groups is 1. The lowest BCUT2D eigenvalue weighted by atomic mass is 9.90. The predicted octanol–water partition coefficient (Wildman–Crippen LogP) is 3.59. The molecule has 1 heterocycles. The van der Waals surface area contributed by atoms with Gasteiger partial charge in [-0.15, -0.1) is 0 Å². The second-order valence-corrected chi connectivity index (χ2v) is 7.17. The van der Waals surface area contributed by atoms with Gasteiger partial charge in [0.2, 0.25) is 0 Å². The van der Waals surface area contributed by atoms with E-state index in [0.29, 0.717) is 43.5 Å². The average Bonchev–Trinajstić information content (AvgIpc) is 3.14. The molecule has 2 atom stereocenters. The molecule has 1 aliphatic carbocycles. The van der Waals surface area contributed by atoms with E-state index in [1.54, 1.807) is 17.0 Å². The maximum absolute atomic E-state index is 12.9. The number of benzene rings is 2. The van der Waals surface area contributed by atoms with Gasteiger partial charge in [-0.3, -0.25) is 0 Å². The number of anilines is 1. The van der Waals surface area contributed by atoms with Crippen LogP contribution in [0, 0.1) is 17.7 Å². The van der Waals surface area contributed by atoms with Crippen molar-refractivity contribution in [3.63, 3.8) is 0 Å². The molecule has 2 N–H and O–H groups in total. The van der Waals surface area contributed by atoms with Gasteiger partial charge < -0.3 is 15.3 Å². The molecule has 4 rings (SSSR count). The lowest BCUT2D eigenvalue weighted by Crippen LogP contribution is -2.35. The molecule has 2 amide bonds. The van der Waals surface area contributed by atoms with Crippen molar-refractivity contribution in [3.05, 3.63) is 66.0 Å². The van der Waals surface area contributed by atoms with Gasteiger partial charge in [-0.1, -0.05) is 30.3 Å². The first-order chi connectivity index (χ1) is 12.0. The lowest BCUT2D eigenvalue weighted by Gasteiger charge is -2.26. The summed E-state index contributed by atoms with van der Waals surface area (Å²) < 4.78 is 12.9. The quantitative estimate of drug-likeness (QED) is 0.878. The first-order valence-corrected chi connectivity index (χ1v) is 8.63. The Morgan fingerprint density at radius 2 is 1.64 bits per heavy atom. The third-order valence-corrected chi connectivity index (χ3v) is 5.47. The third kappa shape index (κ3) is 3.12. The van der Waals surface area contributed by atoms with Crippen LogP contribution in [-0.4, -0.2) is 29.1 Å². The van der Waals surface area contributed by atoms with Gasteiger partial charge in [0, 0.05) is 18.8 Å². The Hall–Kier alpha value is -2.40. The summed E-state index contributed by atoms with van der Waals surface area (Å²) >= 11 is 0. The smallest absolute Gasteiger partial charge is 0.321 e. The number of nitrogens with one attached hydrogen (secondary N) is 1. The van der Waals surface area contributed by atoms with Crippen molar-refractivity contribution in [2.24, 2.45) is 11.8 Å². The van der Waals surface area contributed by atoms with Crippen LogP contribution in [-0.2, 0) is 5.60 Å². The first-order valence-electron chi connectivity index (χ1n) is 8.63. The summed E-state index contributed by atoms with van der Waals surface area (Å²) in [5, 5.41) is 13.8. The maximum Gasteiger partial charge on any atom is 0.321 e. The van der Waals surface area contributed by atoms with Crippen LogP contribution in [0.4, 0.5) is 14.9 Å². The van der Waals surface area contributed by atoms with Crippen molar-refractivity contribution < 1.29 is 14.3 Å². The molecular weight excluding hydrogens is 319 g/mol. The maximum atomic E-state index is 12.9. The van der Waals surface area contributed by atoms with Gasteiger partial charge in [0.05, 0.1) is 5.60 Å². The molecule has 1 saturated carbocycles. The van der Waals surface area contributed by atoms with Crippen LogP contribution < -0.4 is 5.32 Å². The second-order valence-electron chi connectivity index (χ2n) is 7.17. The van der Waals surface area contributed by atoms with Crippen molar-refractivity contribution in [1.29, 1.82) is 0 Å². The molecule has 0 radical (unpaired) electrons. The normalized spacial score (nSPS) is 28.0. The summed E-state index contributed by atoms with van der Waals surface area (Å²) in [7, 11) is 0. The highest BCUT2D eigenvalue weighted by Gasteiger charge is 2.49. The fraction of sp³-hybridized carbons (Fsp3) is 0.350. The second kappa shape index (κ2) is 6.15. The summed E-state index contributed by atoms with van der Waals surface area (Å²) in [6.07, 6.45) is 1.37. The van der Waals surface area contributed by atoms with E-state index in [4.69, 9.17) is 0 Å². The molecule has 2 aliphatic rings. The summed E-state index contributed by atoms with van der Waals surface area (Å²) in [6, 6.07) is 15.4. The van der Waals surface area contributed by atoms with E-state index in [9.17, 15) is 14.3 Å². The fourth-order valence-electron chi connectivity index (χ4n) is 4.24. The molecule has 1 saturated heterocycles. The minimum atomic E-state index is -0.782. The van der Waals surface area contributed by atoms with Crippen molar-refractivity contribution in [3.8, 4) is 0 Å². The zero-order chi connectivity index (χ0) is 17.4. The van der Waals surface area contributed by atoms with Crippen molar-refractivity contribution in [2.45, 2.75) is 18.4 Å². The summed E-state index contributed by atoms with van der Waals surface area (Å²) in [6.45, 7) is 1.29. The van der Waals surface area contributed by atoms with Crippen molar-refractivity contribution in [2.75, 3.05) is 18.4 Å². The molecule has 2 aromatic carbocycles. The van der Waals surface area contributed by atoms with Crippen LogP contribution in [0.3, 0.4) is 0 Å². The molecule has 2 unspecified atom stereocenters. The molecule has 130 valence electrons. The number of carbonyl (C=O) groups is 1. The summed E-state index contributed by atoms with van der Waals surface area (Å²) in [5.41, 5.74) is 0.770. The predicted molar refractivity (Wildman–Crippen MR) is 93.5 cm³/mol. The van der Waals surface area contributed by atoms with Gasteiger partial charge in [0.25, 0.3) is 0 Å². The van der Waals surface area contributed by atoms with Gasteiger partial charge in [0.1, 0.15) is 5.82 Å². The molecular formula is C20H21FN2O2. The zero-order valence-corrected chi connectivity index (χ0v) is 13.9. The van der Waals surface area contributed by atoms with E-state index >= 15 is 0 Å². The number of fused-ring (bicyclic) bond motifs is 1. The number of nitrogens with zero attached hydrogens (tertiary/aromatic N) is 1. The Morgan fingerprint density at radius 3 is 2.24 bits per heavy atom. The monoisotopic (exact) mass is 340 g/mol. The highest BCUT2D eigenvalue weighted by molar-refractivity contribution is 5.89. The van der Waals surface area contributed by atoms with E-state index in [0.717, 1.165) is 5.56 Å². The van der Waals surface area contributed by atoms with Gasteiger partial charge in [-0.05, 0) is 54.5 Å². The van der Waals surface area contributed by atoms with Gasteiger partial charge in [0.15, 0.2) is 0 Å². The SMILES string of the molecule is O=C(Nc1ccc(F)cc1)N1CC2CC(O)(c3ccccc3)CC2C1. The van der Waals surface area contributed by atoms with E-state index in [1.807, 2.05) is 30.3 Å². The number of hydrogen-bond donors (Lipinski definition) is 2. The van der Waals surface area contributed by atoms with E-state index in [1.165, 1.54) is 12.1 Å². The van der Waals surface area contributed by atoms with Crippen LogP contribution in [0.2, 0.25) is 0 Å². The molecule has 4 nitrogen and oxygen atoms in total. The average molecular weight is 340 g/mol. The lowest BCUT2D eigenvalue weighted by molar-refractivity contribution is 0.0328. The highest BCUT2D eigenvalue weighted by atomic mass is 19.1. The standard InChI is InChI=1S/C20H21FN2O2/c21-17-6-8-18(9-7-17)22-19(24)23-12-14-10-20(25,11-15(14)13-23)16-4-2-1-3-5-16/h1-9,14-15,25H,10-13H2,(H,22,24). The number of carbonyl (C=O) groups excluding carboxylic acids is 1. The zero-order valence-electron chi connectivity index (χ0n) is 13.9. The molecule has 0 spiro atoms. The molecule has 0 aromatic heterocycles. The van der Waals surface area contributed by atoms with Crippen LogP contribution in [0.25, 0.3) is 0 Å². The van der Waals surface area contributed by atoms with E-state index in [2.05, 4.69) is 5.32 Å². The molecule has 5 heteroatoms. The highest BCUT2D eigenvalue weighted by Crippen LogP contribution is 2.48. The molecule has 25 heavy (non-hydrogen) atoms. The Labute approximate surface area is 146 Å². The Balaban J connectivity index is 1.39. The number of hydrogen-bond acceptors (Lipinski definition) is 2. The van der Waals surface area contributed by atoms with E-state index in [-0.39, 0.29) is 11.8 Å². The van der Waals surface area contributed by atoms with Gasteiger partial charge >= 0.3 is 6.03 Å². The molecule has 2 aromatic rings. The molecule has 2 fully saturated rings. The van der Waals surface area contributed by atoms with Crippen molar-refractivity contribution >= 4 is 11.7 Å². The van der Waals surface area contributed by atoms with E-state index < -0.39 is 5.60 Å². The van der Waals surface area contributed by atoms with Crippen LogP contribution >= 0.6 is 0 Å². The Bertz CT molecular complexity index is 749. The minimum Gasteiger partial charge on any atom is -0.385 e. The number of amides is 2. The number of urea groups is 1. The van der Waals surface area contributed by atoms with Crippen LogP contribution in [0.5, 0.6) is 0 Å². The van der Waals surface area contributed by atoms with Crippen LogP contribution in [0.15, 0.2) is 54.6 Å². The van der Waals surface area contributed by atoms with Crippen molar-refractivity contribution in [1.82, 2.24) is 4.90 Å². The number of rotatable bonds is 2. The molecule has 1 aliphatic heterocycles. The Morgan fingerprint density at radius 1 is 1.04 bits per heavy atom. The topological polar surface area (TPSA) is 52.6 Å². The van der Waals surface area contributed by atoms with Crippen LogP contribution in [0.1, 0.15) is 18.4 Å². The van der Waals surface area contributed by atoms with Gasteiger partial charge in [-0.25, -0.2) is 9.18 Å². The summed E-state index contributed by atoms with van der Waals surface area (Å²) in [4.78, 5) is 14.2. The fourth-order valence-corrected chi connectivity index (χ4v) is 4.24. The third-order valence-electron chi connectivity index (χ3n) is 5.47. The molecule has 0 bridgehead atoms. The minimum absolute atomic E-state index is 0.163. The Kier molecular flexibility index (Phi) is 3.96. The number of likely N-dealkylation sites (tertiary alicyclic amines) is 1. The largest absolute Gasteiger partial charge is 0.385 e. The summed E-state index contributed by atoms with van der Waals surface area (Å²) in [5.74, 6) is 0.294. The first kappa shape index (κ1) is 16.1. The number of halogens is 1. The van der Waals surface area contributed by atoms with Gasteiger partial charge in [-0.2, -0.15) is 0 Å².